The van der Waals surface area contributed by atoms with Gasteiger partial charge in [0.05, 0.1) is 4.88 Å². The zero-order valence-corrected chi connectivity index (χ0v) is 14.9. The van der Waals surface area contributed by atoms with Crippen LogP contribution < -0.4 is 4.74 Å². The number of benzene rings is 2. The van der Waals surface area contributed by atoms with Gasteiger partial charge in [0.1, 0.15) is 28.8 Å². The van der Waals surface area contributed by atoms with Gasteiger partial charge < -0.3 is 4.74 Å². The summed E-state index contributed by atoms with van der Waals surface area (Å²) in [6.45, 7) is 1.76. The van der Waals surface area contributed by atoms with Gasteiger partial charge in [0, 0.05) is 16.5 Å². The highest BCUT2D eigenvalue weighted by molar-refractivity contribution is 7.15. The van der Waals surface area contributed by atoms with Gasteiger partial charge in [-0.25, -0.2) is 22.0 Å². The van der Waals surface area contributed by atoms with Crippen LogP contribution in [0.4, 0.5) is 30.7 Å². The van der Waals surface area contributed by atoms with Gasteiger partial charge >= 0.3 is 6.11 Å². The summed E-state index contributed by atoms with van der Waals surface area (Å²) in [6, 6.07) is 3.86. The van der Waals surface area contributed by atoms with Crippen molar-refractivity contribution in [2.45, 2.75) is 19.5 Å². The molecule has 0 saturated heterocycles. The Bertz CT molecular complexity index is 1010. The molecule has 0 saturated carbocycles. The summed E-state index contributed by atoms with van der Waals surface area (Å²) in [6.07, 6.45) is -4.04. The van der Waals surface area contributed by atoms with Crippen molar-refractivity contribution < 1.29 is 35.5 Å². The van der Waals surface area contributed by atoms with E-state index >= 15 is 0 Å². The summed E-state index contributed by atoms with van der Waals surface area (Å²) in [5.41, 5.74) is -1.97. The molecule has 0 fully saturated rings. The van der Waals surface area contributed by atoms with E-state index < -0.39 is 46.5 Å². The van der Waals surface area contributed by atoms with Gasteiger partial charge in [0.15, 0.2) is 11.6 Å². The number of alkyl halides is 2. The molecule has 0 amide bonds. The number of aryl methyl sites for hydroxylation is 1. The van der Waals surface area contributed by atoms with Gasteiger partial charge in [0.2, 0.25) is 0 Å². The van der Waals surface area contributed by atoms with Crippen LogP contribution in [0.3, 0.4) is 0 Å². The third kappa shape index (κ3) is 3.84. The lowest BCUT2D eigenvalue weighted by molar-refractivity contribution is -0.189. The Morgan fingerprint density at radius 2 is 1.46 bits per heavy atom. The predicted molar refractivity (Wildman–Crippen MR) is 89.9 cm³/mol. The summed E-state index contributed by atoms with van der Waals surface area (Å²) < 4.78 is 101. The molecule has 9 heteroatoms. The molecule has 2 aromatic carbocycles. The Balaban J connectivity index is 1.99. The lowest BCUT2D eigenvalue weighted by Crippen LogP contribution is -2.25. The van der Waals surface area contributed by atoms with Crippen LogP contribution in [0, 0.1) is 29.1 Å². The van der Waals surface area contributed by atoms with Crippen LogP contribution in [0.15, 0.2) is 36.4 Å². The third-order valence-electron chi connectivity index (χ3n) is 3.82. The van der Waals surface area contributed by atoms with Crippen LogP contribution in [0.1, 0.15) is 17.4 Å². The van der Waals surface area contributed by atoms with Crippen molar-refractivity contribution in [1.82, 2.24) is 0 Å². The number of hydrogen-bond donors (Lipinski definition) is 0. The molecule has 0 aliphatic carbocycles. The summed E-state index contributed by atoms with van der Waals surface area (Å²) in [5.74, 6) is -7.67. The fourth-order valence-corrected chi connectivity index (χ4v) is 3.47. The minimum absolute atomic E-state index is 0.0916. The Kier molecular flexibility index (Phi) is 5.38. The number of hydrogen-bond acceptors (Lipinski definition) is 2. The van der Waals surface area contributed by atoms with E-state index in [0.29, 0.717) is 41.6 Å². The molecule has 0 bridgehead atoms. The Labute approximate surface area is 159 Å². The van der Waals surface area contributed by atoms with Crippen molar-refractivity contribution >= 4 is 11.3 Å². The first kappa shape index (κ1) is 20.2. The molecule has 28 heavy (non-hydrogen) atoms. The monoisotopic (exact) mass is 420 g/mol. The van der Waals surface area contributed by atoms with Crippen molar-refractivity contribution in [1.29, 1.82) is 0 Å². The second-order valence-corrected chi connectivity index (χ2v) is 6.89. The van der Waals surface area contributed by atoms with Crippen LogP contribution in [0.2, 0.25) is 0 Å². The largest absolute Gasteiger partial charge is 0.432 e. The van der Waals surface area contributed by atoms with E-state index in [9.17, 15) is 30.7 Å². The molecule has 1 aromatic heterocycles. The van der Waals surface area contributed by atoms with Crippen LogP contribution in [0.25, 0.3) is 10.4 Å². The van der Waals surface area contributed by atoms with Crippen LogP contribution in [-0.2, 0) is 12.5 Å². The van der Waals surface area contributed by atoms with Gasteiger partial charge in [-0.1, -0.05) is 6.92 Å². The second-order valence-electron chi connectivity index (χ2n) is 5.75. The standard InChI is InChI=1S/C19H11F7OS/c1-2-11-8-16(24)18(28-11)9-5-14(22)17(15(23)6-9)19(25,26)27-10-3-4-12(20)13(21)7-10/h3-8H,2H2,1H3. The van der Waals surface area contributed by atoms with Gasteiger partial charge in [-0.05, 0) is 36.8 Å². The third-order valence-corrected chi connectivity index (χ3v) is 5.12. The number of rotatable bonds is 5. The second kappa shape index (κ2) is 7.46. The molecule has 1 nitrogen and oxygen atoms in total. The minimum atomic E-state index is -4.53. The number of halogens is 7. The van der Waals surface area contributed by atoms with Gasteiger partial charge in [-0.15, -0.1) is 11.3 Å². The molecule has 0 radical (unpaired) electrons. The van der Waals surface area contributed by atoms with Crippen LogP contribution in [0.5, 0.6) is 5.75 Å². The highest BCUT2D eigenvalue weighted by atomic mass is 32.1. The molecule has 0 aliphatic heterocycles. The van der Waals surface area contributed by atoms with Crippen molar-refractivity contribution in [2.24, 2.45) is 0 Å². The zero-order valence-electron chi connectivity index (χ0n) is 14.1. The lowest BCUT2D eigenvalue weighted by Gasteiger charge is -2.20. The Morgan fingerprint density at radius 1 is 0.821 bits per heavy atom. The van der Waals surface area contributed by atoms with Crippen molar-refractivity contribution in [3.63, 3.8) is 0 Å². The average Bonchev–Trinajstić information content (AvgIpc) is 2.98. The number of thiophene rings is 1. The summed E-state index contributed by atoms with van der Waals surface area (Å²) in [7, 11) is 0. The molecule has 0 aliphatic rings. The molecule has 0 unspecified atom stereocenters. The van der Waals surface area contributed by atoms with E-state index in [0.717, 1.165) is 11.3 Å². The smallest absolute Gasteiger partial charge is 0.429 e. The topological polar surface area (TPSA) is 9.23 Å². The molecule has 0 N–H and O–H groups in total. The first-order chi connectivity index (χ1) is 13.1. The zero-order chi connectivity index (χ0) is 20.6. The fourth-order valence-electron chi connectivity index (χ4n) is 2.51. The summed E-state index contributed by atoms with van der Waals surface area (Å²) in [5, 5.41) is 0. The van der Waals surface area contributed by atoms with Gasteiger partial charge in [0.25, 0.3) is 0 Å². The van der Waals surface area contributed by atoms with Crippen molar-refractivity contribution in [3.05, 3.63) is 75.9 Å². The Morgan fingerprint density at radius 3 is 2.00 bits per heavy atom. The fraction of sp³-hybridized carbons (Fsp3) is 0.158. The molecule has 3 rings (SSSR count). The highest BCUT2D eigenvalue weighted by Crippen LogP contribution is 2.39. The average molecular weight is 420 g/mol. The van der Waals surface area contributed by atoms with E-state index in [4.69, 9.17) is 0 Å². The number of ether oxygens (including phenoxy) is 1. The lowest BCUT2D eigenvalue weighted by atomic mass is 10.1. The Hall–Kier alpha value is -2.55. The first-order valence-electron chi connectivity index (χ1n) is 7.92. The highest BCUT2D eigenvalue weighted by Gasteiger charge is 2.41. The van der Waals surface area contributed by atoms with E-state index in [1.807, 2.05) is 0 Å². The van der Waals surface area contributed by atoms with E-state index in [1.54, 1.807) is 6.92 Å². The first-order valence-corrected chi connectivity index (χ1v) is 8.74. The SMILES string of the molecule is CCc1cc(F)c(-c2cc(F)c(C(F)(F)Oc3ccc(F)c(F)c3)c(F)c2)s1. The maximum Gasteiger partial charge on any atom is 0.432 e. The van der Waals surface area contributed by atoms with Crippen LogP contribution >= 0.6 is 11.3 Å². The van der Waals surface area contributed by atoms with E-state index in [2.05, 4.69) is 4.74 Å². The molecular weight excluding hydrogens is 409 g/mol. The van der Waals surface area contributed by atoms with Crippen LogP contribution in [-0.4, -0.2) is 0 Å². The van der Waals surface area contributed by atoms with Gasteiger partial charge in [-0.2, -0.15) is 8.78 Å². The molecule has 0 atom stereocenters. The normalized spacial score (nSPS) is 11.7. The summed E-state index contributed by atoms with van der Waals surface area (Å²) >= 11 is 0.945. The van der Waals surface area contributed by atoms with Crippen molar-refractivity contribution in [3.8, 4) is 16.2 Å². The quantitative estimate of drug-likeness (QED) is 0.413. The van der Waals surface area contributed by atoms with E-state index in [-0.39, 0.29) is 10.4 Å². The molecule has 3 aromatic rings. The maximum atomic E-state index is 14.3. The molecule has 148 valence electrons. The maximum absolute atomic E-state index is 14.3. The van der Waals surface area contributed by atoms with Gasteiger partial charge in [-0.3, -0.25) is 0 Å². The summed E-state index contributed by atoms with van der Waals surface area (Å²) in [4.78, 5) is 0.524. The molecular formula is C19H11F7OS. The molecule has 1 heterocycles. The predicted octanol–water partition coefficient (Wildman–Crippen LogP) is 6.80. The molecule has 0 spiro atoms. The van der Waals surface area contributed by atoms with E-state index in [1.165, 1.54) is 6.07 Å². The minimum Gasteiger partial charge on any atom is -0.429 e. The van der Waals surface area contributed by atoms with Crippen molar-refractivity contribution in [2.75, 3.05) is 0 Å².